The van der Waals surface area contributed by atoms with E-state index in [1.807, 2.05) is 6.92 Å². The maximum absolute atomic E-state index is 14.2. The van der Waals surface area contributed by atoms with Crippen molar-refractivity contribution < 1.29 is 27.1 Å². The van der Waals surface area contributed by atoms with Crippen LogP contribution < -0.4 is 4.74 Å². The molecule has 2 aliphatic rings. The van der Waals surface area contributed by atoms with E-state index in [9.17, 15) is 22.4 Å². The first-order valence-electron chi connectivity index (χ1n) is 10.8. The molecule has 0 N–H and O–H groups in total. The lowest BCUT2D eigenvalue weighted by atomic mass is 9.97. The lowest BCUT2D eigenvalue weighted by Crippen LogP contribution is -2.51. The smallest absolute Gasteiger partial charge is 0.417 e. The fourth-order valence-corrected chi connectivity index (χ4v) is 4.93. The number of carbonyl (C=O) groups is 1. The zero-order valence-corrected chi connectivity index (χ0v) is 18.0. The van der Waals surface area contributed by atoms with Gasteiger partial charge in [0.1, 0.15) is 11.9 Å². The third kappa shape index (κ3) is 3.97. The summed E-state index contributed by atoms with van der Waals surface area (Å²) in [7, 11) is 0. The molecule has 6 nitrogen and oxygen atoms in total. The molecule has 1 aliphatic carbocycles. The molecule has 5 rings (SSSR count). The number of pyridine rings is 1. The zero-order valence-electron chi connectivity index (χ0n) is 18.0. The van der Waals surface area contributed by atoms with Gasteiger partial charge in [0, 0.05) is 36.3 Å². The maximum atomic E-state index is 14.2. The Kier molecular flexibility index (Phi) is 5.45. The van der Waals surface area contributed by atoms with Gasteiger partial charge in [-0.2, -0.15) is 13.2 Å². The normalized spacial score (nSPS) is 23.9. The molecule has 2 bridgehead atoms. The SMILES string of the molecule is CC1C2C[C@@H](Oc3ccc(C(F)(F)F)cn3)[C@H](C2)N1C(=O)c1cc(F)ccc1-c1ncccn1. The van der Waals surface area contributed by atoms with E-state index in [4.69, 9.17) is 4.74 Å². The molecule has 4 atom stereocenters. The van der Waals surface area contributed by atoms with Crippen molar-refractivity contribution in [3.63, 3.8) is 0 Å². The van der Waals surface area contributed by atoms with Gasteiger partial charge >= 0.3 is 6.18 Å². The summed E-state index contributed by atoms with van der Waals surface area (Å²) in [6, 6.07) is 7.24. The first-order chi connectivity index (χ1) is 16.2. The van der Waals surface area contributed by atoms with Crippen molar-refractivity contribution in [3.8, 4) is 17.3 Å². The van der Waals surface area contributed by atoms with E-state index in [-0.39, 0.29) is 35.4 Å². The molecule has 1 saturated carbocycles. The summed E-state index contributed by atoms with van der Waals surface area (Å²) >= 11 is 0. The molecular formula is C24H20F4N4O2. The van der Waals surface area contributed by atoms with Crippen LogP contribution in [0.1, 0.15) is 35.7 Å². The number of benzene rings is 1. The summed E-state index contributed by atoms with van der Waals surface area (Å²) in [5, 5.41) is 0. The van der Waals surface area contributed by atoms with E-state index in [0.717, 1.165) is 12.3 Å². The van der Waals surface area contributed by atoms with Crippen LogP contribution in [0.5, 0.6) is 5.88 Å². The standard InChI is InChI=1S/C24H20F4N4O2/c1-13-14-9-19(20(10-14)34-21-6-3-15(12-31-21)24(26,27)28)32(13)23(33)18-11-16(25)4-5-17(18)22-29-7-2-8-30-22/h2-8,11-14,19-20H,9-10H2,1H3/t13?,14?,19-,20+/m0/s1. The zero-order chi connectivity index (χ0) is 24.0. The largest absolute Gasteiger partial charge is 0.472 e. The number of piperidine rings is 1. The van der Waals surface area contributed by atoms with Crippen LogP contribution in [-0.4, -0.2) is 43.9 Å². The Morgan fingerprint density at radius 1 is 1.09 bits per heavy atom. The molecule has 3 heterocycles. The highest BCUT2D eigenvalue weighted by atomic mass is 19.4. The fraction of sp³-hybridized carbons (Fsp3) is 0.333. The molecule has 2 unspecified atom stereocenters. The Hall–Kier alpha value is -3.56. The van der Waals surface area contributed by atoms with Gasteiger partial charge < -0.3 is 9.64 Å². The van der Waals surface area contributed by atoms with Crippen molar-refractivity contribution in [1.82, 2.24) is 19.9 Å². The highest BCUT2D eigenvalue weighted by molar-refractivity contribution is 6.00. The number of halogens is 4. The Balaban J connectivity index is 1.41. The number of carbonyl (C=O) groups excluding carboxylic acids is 1. The summed E-state index contributed by atoms with van der Waals surface area (Å²) in [4.78, 5) is 27.5. The number of aromatic nitrogens is 3. The minimum Gasteiger partial charge on any atom is -0.472 e. The Morgan fingerprint density at radius 3 is 2.50 bits per heavy atom. The highest BCUT2D eigenvalue weighted by Gasteiger charge is 2.53. The van der Waals surface area contributed by atoms with Crippen LogP contribution in [0, 0.1) is 11.7 Å². The van der Waals surface area contributed by atoms with Crippen LogP contribution in [0.4, 0.5) is 17.6 Å². The predicted octanol–water partition coefficient (Wildman–Crippen LogP) is 4.77. The average molecular weight is 472 g/mol. The first-order valence-corrected chi connectivity index (χ1v) is 10.8. The van der Waals surface area contributed by atoms with Gasteiger partial charge in [-0.1, -0.05) is 0 Å². The lowest BCUT2D eigenvalue weighted by Gasteiger charge is -2.38. The topological polar surface area (TPSA) is 68.2 Å². The molecule has 1 amide bonds. The fourth-order valence-electron chi connectivity index (χ4n) is 4.93. The number of fused-ring (bicyclic) bond motifs is 2. The van der Waals surface area contributed by atoms with Crippen LogP contribution in [-0.2, 0) is 6.18 Å². The minimum atomic E-state index is -4.48. The third-order valence-corrected chi connectivity index (χ3v) is 6.58. The third-order valence-electron chi connectivity index (χ3n) is 6.58. The van der Waals surface area contributed by atoms with Gasteiger partial charge in [0.15, 0.2) is 5.82 Å². The van der Waals surface area contributed by atoms with E-state index in [1.165, 1.54) is 24.3 Å². The molecule has 0 radical (unpaired) electrons. The molecule has 1 aliphatic heterocycles. The van der Waals surface area contributed by atoms with Crippen molar-refractivity contribution >= 4 is 5.91 Å². The molecule has 10 heteroatoms. The van der Waals surface area contributed by atoms with Gasteiger partial charge in [-0.15, -0.1) is 0 Å². The predicted molar refractivity (Wildman–Crippen MR) is 113 cm³/mol. The van der Waals surface area contributed by atoms with E-state index >= 15 is 0 Å². The number of alkyl halides is 3. The number of rotatable bonds is 4. The lowest BCUT2D eigenvalue weighted by molar-refractivity contribution is -0.137. The first kappa shape index (κ1) is 22.2. The van der Waals surface area contributed by atoms with Gasteiger partial charge in [0.2, 0.25) is 5.88 Å². The number of likely N-dealkylation sites (tertiary alicyclic amines) is 1. The second-order valence-electron chi connectivity index (χ2n) is 8.55. The average Bonchev–Trinajstić information content (AvgIpc) is 3.36. The minimum absolute atomic E-state index is 0.0646. The molecule has 1 aromatic carbocycles. The molecule has 3 aromatic rings. The van der Waals surface area contributed by atoms with Crippen LogP contribution in [0.2, 0.25) is 0 Å². The van der Waals surface area contributed by atoms with Crippen molar-refractivity contribution in [1.29, 1.82) is 0 Å². The van der Waals surface area contributed by atoms with Crippen molar-refractivity contribution in [3.05, 3.63) is 71.9 Å². The van der Waals surface area contributed by atoms with Crippen molar-refractivity contribution in [2.75, 3.05) is 0 Å². The summed E-state index contributed by atoms with van der Waals surface area (Å²) in [5.74, 6) is -0.393. The molecular weight excluding hydrogens is 452 g/mol. The molecule has 34 heavy (non-hydrogen) atoms. The maximum Gasteiger partial charge on any atom is 0.417 e. The number of nitrogens with zero attached hydrogens (tertiary/aromatic N) is 4. The monoisotopic (exact) mass is 472 g/mol. The van der Waals surface area contributed by atoms with Crippen LogP contribution in [0.25, 0.3) is 11.4 Å². The summed E-state index contributed by atoms with van der Waals surface area (Å²) in [6.07, 6.45) is 0.234. The van der Waals surface area contributed by atoms with Crippen LogP contribution in [0.3, 0.4) is 0 Å². The van der Waals surface area contributed by atoms with Crippen molar-refractivity contribution in [2.45, 2.75) is 44.1 Å². The van der Waals surface area contributed by atoms with E-state index in [1.54, 1.807) is 23.4 Å². The van der Waals surface area contributed by atoms with E-state index in [0.29, 0.717) is 24.2 Å². The second-order valence-corrected chi connectivity index (χ2v) is 8.55. The van der Waals surface area contributed by atoms with Gasteiger partial charge in [0.05, 0.1) is 17.2 Å². The number of hydrogen-bond donors (Lipinski definition) is 0. The Morgan fingerprint density at radius 2 is 1.85 bits per heavy atom. The van der Waals surface area contributed by atoms with Gasteiger partial charge in [0.25, 0.3) is 5.91 Å². The van der Waals surface area contributed by atoms with Gasteiger partial charge in [-0.05, 0) is 56.0 Å². The summed E-state index contributed by atoms with van der Waals surface area (Å²) < 4.78 is 58.5. The summed E-state index contributed by atoms with van der Waals surface area (Å²) in [6.45, 7) is 1.94. The van der Waals surface area contributed by atoms with Crippen LogP contribution >= 0.6 is 0 Å². The molecule has 2 fully saturated rings. The number of ether oxygens (including phenoxy) is 1. The molecule has 1 saturated heterocycles. The number of amides is 1. The van der Waals surface area contributed by atoms with Crippen LogP contribution in [0.15, 0.2) is 55.0 Å². The molecule has 176 valence electrons. The Bertz CT molecular complexity index is 1200. The highest BCUT2D eigenvalue weighted by Crippen LogP contribution is 2.45. The quantitative estimate of drug-likeness (QED) is 0.512. The number of hydrogen-bond acceptors (Lipinski definition) is 5. The van der Waals surface area contributed by atoms with E-state index in [2.05, 4.69) is 15.0 Å². The molecule has 2 aromatic heterocycles. The Labute approximate surface area is 192 Å². The van der Waals surface area contributed by atoms with E-state index < -0.39 is 23.7 Å². The van der Waals surface area contributed by atoms with Crippen molar-refractivity contribution in [2.24, 2.45) is 5.92 Å². The van der Waals surface area contributed by atoms with Gasteiger partial charge in [-0.3, -0.25) is 4.79 Å². The second kappa shape index (κ2) is 8.34. The summed E-state index contributed by atoms with van der Waals surface area (Å²) in [5.41, 5.74) is -0.291. The van der Waals surface area contributed by atoms with Gasteiger partial charge in [-0.25, -0.2) is 19.3 Å². The molecule has 0 spiro atoms.